The average molecular weight is 882 g/mol. The third-order valence-corrected chi connectivity index (χ3v) is 13.2. The Labute approximate surface area is 364 Å². The van der Waals surface area contributed by atoms with E-state index in [1.54, 1.807) is 0 Å². The number of hydrogen-bond acceptors (Lipinski definition) is 11. The van der Waals surface area contributed by atoms with Gasteiger partial charge in [-0.15, -0.1) is 0 Å². The number of unbranched alkanes of at least 4 members (excludes halogenated alkanes) is 28. The van der Waals surface area contributed by atoms with Crippen molar-refractivity contribution < 1.29 is 59.0 Å². The van der Waals surface area contributed by atoms with Crippen LogP contribution in [0.4, 0.5) is 0 Å². The van der Waals surface area contributed by atoms with Crippen LogP contribution in [0.1, 0.15) is 226 Å². The molecule has 8 atom stereocenters. The highest BCUT2D eigenvalue weighted by atomic mass is 31.2. The van der Waals surface area contributed by atoms with Crippen molar-refractivity contribution in [1.29, 1.82) is 0 Å². The Morgan fingerprint density at radius 2 is 0.833 bits per heavy atom. The standard InChI is InChI=1S/C46H92NO12P/c1-3-5-7-9-11-13-15-17-18-19-20-21-22-23-25-27-29-31-33-37(48)35-40(50)47-38(39(49)34-32-30-28-26-24-16-14-12-10-8-6-4-2)36-58-60(56,57)59-46-44(54)42(52)41(51)43(53)45(46)55/h37-39,41-46,48-49,51-55H,3-36H2,1-2H3,(H,47,50)(H,56,57). The molecule has 0 spiro atoms. The fraction of sp³-hybridized carbons (Fsp3) is 0.978. The summed E-state index contributed by atoms with van der Waals surface area (Å²) in [6.45, 7) is 3.80. The largest absolute Gasteiger partial charge is 0.472 e. The van der Waals surface area contributed by atoms with Gasteiger partial charge in [0.25, 0.3) is 0 Å². The summed E-state index contributed by atoms with van der Waals surface area (Å²) in [7, 11) is -5.11. The first-order valence-corrected chi connectivity index (χ1v) is 26.1. The molecule has 0 radical (unpaired) electrons. The van der Waals surface area contributed by atoms with Gasteiger partial charge in [-0.25, -0.2) is 4.57 Å². The summed E-state index contributed by atoms with van der Waals surface area (Å²) in [6.07, 6.45) is 23.0. The number of carbonyl (C=O) groups excluding carboxylic acids is 1. The topological polar surface area (TPSA) is 226 Å². The molecule has 1 fully saturated rings. The zero-order valence-electron chi connectivity index (χ0n) is 37.9. The fourth-order valence-electron chi connectivity index (χ4n) is 8.19. The van der Waals surface area contributed by atoms with Crippen LogP contribution in [0, 0.1) is 0 Å². The fourth-order valence-corrected chi connectivity index (χ4v) is 9.16. The summed E-state index contributed by atoms with van der Waals surface area (Å²) in [5.74, 6) is -0.556. The first kappa shape index (κ1) is 57.3. The smallest absolute Gasteiger partial charge is 0.393 e. The molecular weight excluding hydrogens is 789 g/mol. The van der Waals surface area contributed by atoms with E-state index in [1.165, 1.54) is 135 Å². The molecule has 0 heterocycles. The maximum atomic E-state index is 13.0. The van der Waals surface area contributed by atoms with E-state index in [0.29, 0.717) is 12.8 Å². The molecule has 8 unspecified atom stereocenters. The molecule has 9 N–H and O–H groups in total. The number of phosphoric acid groups is 1. The number of rotatable bonds is 41. The molecule has 0 saturated heterocycles. The van der Waals surface area contributed by atoms with Gasteiger partial charge in [0.05, 0.1) is 31.3 Å². The Kier molecular flexibility index (Phi) is 35.0. The van der Waals surface area contributed by atoms with Gasteiger partial charge < -0.3 is 46.0 Å². The molecule has 13 nitrogen and oxygen atoms in total. The van der Waals surface area contributed by atoms with Crippen LogP contribution in [0.2, 0.25) is 0 Å². The van der Waals surface area contributed by atoms with Crippen molar-refractivity contribution in [2.45, 2.75) is 281 Å². The van der Waals surface area contributed by atoms with Crippen molar-refractivity contribution >= 4 is 13.7 Å². The summed E-state index contributed by atoms with van der Waals surface area (Å²) in [6, 6.07) is -1.15. The second-order valence-corrected chi connectivity index (χ2v) is 19.3. The van der Waals surface area contributed by atoms with Gasteiger partial charge in [-0.3, -0.25) is 13.8 Å². The van der Waals surface area contributed by atoms with E-state index in [0.717, 1.165) is 51.4 Å². The molecule has 1 amide bonds. The Balaban J connectivity index is 2.45. The van der Waals surface area contributed by atoms with Gasteiger partial charge in [-0.1, -0.05) is 206 Å². The number of amides is 1. The van der Waals surface area contributed by atoms with Gasteiger partial charge >= 0.3 is 7.82 Å². The van der Waals surface area contributed by atoms with Gasteiger partial charge in [0.1, 0.15) is 36.6 Å². The molecule has 0 aromatic carbocycles. The number of nitrogens with one attached hydrogen (secondary N) is 1. The van der Waals surface area contributed by atoms with Crippen molar-refractivity contribution in [2.75, 3.05) is 6.61 Å². The molecular formula is C46H92NO12P. The van der Waals surface area contributed by atoms with Crippen LogP contribution in [0.15, 0.2) is 0 Å². The molecule has 358 valence electrons. The van der Waals surface area contributed by atoms with Gasteiger partial charge in [0.2, 0.25) is 5.91 Å². The van der Waals surface area contributed by atoms with Gasteiger partial charge in [0, 0.05) is 0 Å². The van der Waals surface area contributed by atoms with Gasteiger partial charge in [-0.2, -0.15) is 0 Å². The van der Waals surface area contributed by atoms with Crippen LogP contribution in [0.3, 0.4) is 0 Å². The minimum absolute atomic E-state index is 0.216. The Bertz CT molecular complexity index is 1040. The van der Waals surface area contributed by atoms with Gasteiger partial charge in [-0.05, 0) is 12.8 Å². The maximum absolute atomic E-state index is 13.0. The number of aliphatic hydroxyl groups excluding tert-OH is 7. The van der Waals surface area contributed by atoms with Crippen LogP contribution in [-0.4, -0.2) is 108 Å². The second kappa shape index (κ2) is 36.6. The lowest BCUT2D eigenvalue weighted by Gasteiger charge is -2.41. The SMILES string of the molecule is CCCCCCCCCCCCCCCCCCCCC(O)CC(=O)NC(COP(=O)(O)OC1C(O)C(O)C(O)C(O)C1O)C(O)CCCCCCCCCCCCCC. The molecule has 0 aromatic rings. The lowest BCUT2D eigenvalue weighted by atomic mass is 9.85. The molecule has 1 aliphatic carbocycles. The molecule has 14 heteroatoms. The van der Waals surface area contributed by atoms with E-state index in [-0.39, 0.29) is 12.8 Å². The molecule has 60 heavy (non-hydrogen) atoms. The number of carbonyl (C=O) groups is 1. The Morgan fingerprint density at radius 3 is 1.20 bits per heavy atom. The zero-order chi connectivity index (χ0) is 44.4. The summed E-state index contributed by atoms with van der Waals surface area (Å²) in [5.41, 5.74) is 0. The Morgan fingerprint density at radius 1 is 0.517 bits per heavy atom. The third-order valence-electron chi connectivity index (χ3n) is 12.2. The minimum Gasteiger partial charge on any atom is -0.393 e. The van der Waals surface area contributed by atoms with E-state index in [9.17, 15) is 50.0 Å². The average Bonchev–Trinajstić information content (AvgIpc) is 3.22. The summed E-state index contributed by atoms with van der Waals surface area (Å²) in [4.78, 5) is 23.5. The van der Waals surface area contributed by atoms with E-state index in [1.807, 2.05) is 0 Å². The van der Waals surface area contributed by atoms with Crippen molar-refractivity contribution in [3.63, 3.8) is 0 Å². The summed E-state index contributed by atoms with van der Waals surface area (Å²) in [5, 5.41) is 74.6. The van der Waals surface area contributed by atoms with Crippen LogP contribution in [0.5, 0.6) is 0 Å². The van der Waals surface area contributed by atoms with Crippen LogP contribution < -0.4 is 5.32 Å². The highest BCUT2D eigenvalue weighted by molar-refractivity contribution is 7.47. The van der Waals surface area contributed by atoms with Crippen LogP contribution in [0.25, 0.3) is 0 Å². The molecule has 0 aliphatic heterocycles. The molecule has 0 aromatic heterocycles. The van der Waals surface area contributed by atoms with Crippen LogP contribution in [-0.2, 0) is 18.4 Å². The zero-order valence-corrected chi connectivity index (χ0v) is 38.8. The second-order valence-electron chi connectivity index (χ2n) is 17.9. The van der Waals surface area contributed by atoms with E-state index < -0.39 is 75.2 Å². The van der Waals surface area contributed by atoms with E-state index >= 15 is 0 Å². The van der Waals surface area contributed by atoms with Crippen molar-refractivity contribution in [3.05, 3.63) is 0 Å². The first-order valence-electron chi connectivity index (χ1n) is 24.6. The predicted molar refractivity (Wildman–Crippen MR) is 238 cm³/mol. The predicted octanol–water partition coefficient (Wildman–Crippen LogP) is 8.43. The van der Waals surface area contributed by atoms with Crippen molar-refractivity contribution in [2.24, 2.45) is 0 Å². The molecule has 1 rings (SSSR count). The van der Waals surface area contributed by atoms with E-state index in [2.05, 4.69) is 19.2 Å². The number of aliphatic hydroxyl groups is 7. The lowest BCUT2D eigenvalue weighted by molar-refractivity contribution is -0.220. The highest BCUT2D eigenvalue weighted by Gasteiger charge is 2.51. The van der Waals surface area contributed by atoms with Crippen LogP contribution >= 0.6 is 7.82 Å². The normalized spacial score (nSPS) is 23.3. The summed E-state index contributed by atoms with van der Waals surface area (Å²) < 4.78 is 22.9. The van der Waals surface area contributed by atoms with Gasteiger partial charge in [0.15, 0.2) is 0 Å². The summed E-state index contributed by atoms with van der Waals surface area (Å²) >= 11 is 0. The monoisotopic (exact) mass is 882 g/mol. The molecule has 1 aliphatic rings. The molecule has 1 saturated carbocycles. The molecule has 0 bridgehead atoms. The minimum atomic E-state index is -5.11. The maximum Gasteiger partial charge on any atom is 0.472 e. The van der Waals surface area contributed by atoms with E-state index in [4.69, 9.17) is 9.05 Å². The highest BCUT2D eigenvalue weighted by Crippen LogP contribution is 2.47. The van der Waals surface area contributed by atoms with Crippen molar-refractivity contribution in [3.8, 4) is 0 Å². The lowest BCUT2D eigenvalue weighted by Crippen LogP contribution is -2.64. The number of phosphoric ester groups is 1. The number of hydrogen-bond donors (Lipinski definition) is 9. The quantitative estimate of drug-likeness (QED) is 0.0208. The first-order chi connectivity index (χ1) is 28.8. The van der Waals surface area contributed by atoms with Crippen molar-refractivity contribution in [1.82, 2.24) is 5.32 Å². The Hall–Kier alpha value is -0.700. The third kappa shape index (κ3) is 28.2.